The number of fused-ring (bicyclic) bond motifs is 1. The summed E-state index contributed by atoms with van der Waals surface area (Å²) >= 11 is 0. The third-order valence-electron chi connectivity index (χ3n) is 6.61. The zero-order valence-electron chi connectivity index (χ0n) is 19.6. The summed E-state index contributed by atoms with van der Waals surface area (Å²) < 4.78 is 5.83. The molecule has 5 rings (SSSR count). The average molecular weight is 457 g/mol. The summed E-state index contributed by atoms with van der Waals surface area (Å²) in [4.78, 5) is 20.6. The van der Waals surface area contributed by atoms with Gasteiger partial charge in [-0.3, -0.25) is 0 Å². The lowest BCUT2D eigenvalue weighted by atomic mass is 9.89. The molecular formula is C28H28N2O4. The minimum Gasteiger partial charge on any atom is -0.506 e. The van der Waals surface area contributed by atoms with Crippen molar-refractivity contribution in [2.75, 3.05) is 6.61 Å². The Bertz CT molecular complexity index is 1270. The summed E-state index contributed by atoms with van der Waals surface area (Å²) in [5.74, 6) is 0.584. The molecule has 0 amide bonds. The van der Waals surface area contributed by atoms with E-state index in [0.29, 0.717) is 17.8 Å². The standard InChI is InChI=1S/C28H28N2O4/c1-17-11-24(33-16-23-15-27(32)34-30-23)12-18(2)25(17)14-22-9-10-26(31)28(29-22)21-8-7-19-5-3-4-6-20(19)13-21/h7-13,31H,3-6,14-16H2,1-2H3. The fraction of sp³-hybridized carbons (Fsp3) is 0.321. The molecule has 0 unspecified atom stereocenters. The molecule has 0 spiro atoms. The van der Waals surface area contributed by atoms with Crippen LogP contribution in [0.2, 0.25) is 0 Å². The van der Waals surface area contributed by atoms with E-state index >= 15 is 0 Å². The first-order chi connectivity index (χ1) is 16.5. The molecule has 0 fully saturated rings. The van der Waals surface area contributed by atoms with Crippen molar-refractivity contribution in [1.29, 1.82) is 0 Å². The topological polar surface area (TPSA) is 81.0 Å². The number of carbonyl (C=O) groups excluding carboxylic acids is 1. The molecule has 0 saturated heterocycles. The van der Waals surface area contributed by atoms with E-state index in [-0.39, 0.29) is 24.7 Å². The van der Waals surface area contributed by atoms with Gasteiger partial charge < -0.3 is 14.7 Å². The molecule has 174 valence electrons. The van der Waals surface area contributed by atoms with E-state index in [9.17, 15) is 9.90 Å². The van der Waals surface area contributed by atoms with E-state index in [2.05, 4.69) is 42.0 Å². The second-order valence-electron chi connectivity index (χ2n) is 9.16. The van der Waals surface area contributed by atoms with Crippen LogP contribution in [-0.2, 0) is 28.9 Å². The summed E-state index contributed by atoms with van der Waals surface area (Å²) in [5.41, 5.74) is 9.26. The zero-order valence-corrected chi connectivity index (χ0v) is 19.6. The third-order valence-corrected chi connectivity index (χ3v) is 6.61. The van der Waals surface area contributed by atoms with Gasteiger partial charge in [-0.05, 0) is 97.7 Å². The molecule has 3 aromatic rings. The van der Waals surface area contributed by atoms with E-state index < -0.39 is 0 Å². The number of nitrogens with zero attached hydrogens (tertiary/aromatic N) is 2. The molecule has 2 aliphatic rings. The van der Waals surface area contributed by atoms with E-state index in [4.69, 9.17) is 9.72 Å². The highest BCUT2D eigenvalue weighted by molar-refractivity contribution is 6.02. The molecule has 1 aliphatic carbocycles. The molecule has 2 heterocycles. The molecule has 0 bridgehead atoms. The summed E-state index contributed by atoms with van der Waals surface area (Å²) in [7, 11) is 0. The van der Waals surface area contributed by atoms with Crippen molar-refractivity contribution in [3.63, 3.8) is 0 Å². The first kappa shape index (κ1) is 22.1. The minimum absolute atomic E-state index is 0.176. The normalized spacial score (nSPS) is 15.0. The van der Waals surface area contributed by atoms with Crippen molar-refractivity contribution >= 4 is 11.7 Å². The second kappa shape index (κ2) is 9.29. The number of hydrogen-bond acceptors (Lipinski definition) is 6. The number of aromatic nitrogens is 1. The van der Waals surface area contributed by atoms with Crippen molar-refractivity contribution in [3.8, 4) is 22.8 Å². The number of hydrogen-bond donors (Lipinski definition) is 1. The summed E-state index contributed by atoms with van der Waals surface area (Å²) in [5, 5.41) is 14.3. The molecule has 0 saturated carbocycles. The predicted octanol–water partition coefficient (Wildman–Crippen LogP) is 5.22. The number of ether oxygens (including phenoxy) is 1. The third kappa shape index (κ3) is 4.67. The molecule has 6 nitrogen and oxygen atoms in total. The highest BCUT2D eigenvalue weighted by Crippen LogP contribution is 2.32. The quantitative estimate of drug-likeness (QED) is 0.514. The fourth-order valence-corrected chi connectivity index (χ4v) is 4.77. The number of rotatable bonds is 6. The summed E-state index contributed by atoms with van der Waals surface area (Å²) in [6, 6.07) is 14.1. The second-order valence-corrected chi connectivity index (χ2v) is 9.16. The number of aryl methyl sites for hydroxylation is 4. The van der Waals surface area contributed by atoms with Gasteiger partial charge in [-0.15, -0.1) is 0 Å². The van der Waals surface area contributed by atoms with Gasteiger partial charge in [0.25, 0.3) is 0 Å². The molecule has 1 aromatic heterocycles. The van der Waals surface area contributed by atoms with Crippen LogP contribution in [-0.4, -0.2) is 28.4 Å². The minimum atomic E-state index is -0.350. The smallest absolute Gasteiger partial charge is 0.340 e. The van der Waals surface area contributed by atoms with Crippen LogP contribution in [0, 0.1) is 13.8 Å². The monoisotopic (exact) mass is 456 g/mol. The molecule has 2 aromatic carbocycles. The molecule has 1 N–H and O–H groups in total. The number of oxime groups is 1. The Balaban J connectivity index is 1.35. The van der Waals surface area contributed by atoms with Gasteiger partial charge in [-0.2, -0.15) is 0 Å². The number of benzene rings is 2. The van der Waals surface area contributed by atoms with Crippen LogP contribution in [0.25, 0.3) is 11.3 Å². The first-order valence-electron chi connectivity index (χ1n) is 11.8. The van der Waals surface area contributed by atoms with E-state index in [1.54, 1.807) is 6.07 Å². The summed E-state index contributed by atoms with van der Waals surface area (Å²) in [6.45, 7) is 4.34. The predicted molar refractivity (Wildman–Crippen MR) is 130 cm³/mol. The Kier molecular flexibility index (Phi) is 6.05. The average Bonchev–Trinajstić information content (AvgIpc) is 3.26. The van der Waals surface area contributed by atoms with E-state index in [0.717, 1.165) is 41.0 Å². The highest BCUT2D eigenvalue weighted by Gasteiger charge is 2.18. The maximum Gasteiger partial charge on any atom is 0.340 e. The summed E-state index contributed by atoms with van der Waals surface area (Å²) in [6.07, 6.45) is 5.52. The molecular weight excluding hydrogens is 428 g/mol. The maximum absolute atomic E-state index is 11.2. The number of aromatic hydroxyl groups is 1. The molecule has 0 radical (unpaired) electrons. The molecule has 1 aliphatic heterocycles. The van der Waals surface area contributed by atoms with Crippen molar-refractivity contribution in [1.82, 2.24) is 4.98 Å². The lowest BCUT2D eigenvalue weighted by molar-refractivity contribution is -0.140. The van der Waals surface area contributed by atoms with Crippen LogP contribution in [0.3, 0.4) is 0 Å². The van der Waals surface area contributed by atoms with Crippen LogP contribution < -0.4 is 4.74 Å². The number of pyridine rings is 1. The van der Waals surface area contributed by atoms with E-state index in [1.807, 2.05) is 18.2 Å². The van der Waals surface area contributed by atoms with Gasteiger partial charge in [0, 0.05) is 17.7 Å². The Morgan fingerprint density at radius 2 is 1.76 bits per heavy atom. The first-order valence-corrected chi connectivity index (χ1v) is 11.8. The van der Waals surface area contributed by atoms with Crippen LogP contribution in [0.15, 0.2) is 47.6 Å². The fourth-order valence-electron chi connectivity index (χ4n) is 4.77. The zero-order chi connectivity index (χ0) is 23.7. The Morgan fingerprint density at radius 1 is 1.00 bits per heavy atom. The van der Waals surface area contributed by atoms with Gasteiger partial charge in [-0.25, -0.2) is 9.78 Å². The van der Waals surface area contributed by atoms with Gasteiger partial charge in [-0.1, -0.05) is 17.3 Å². The largest absolute Gasteiger partial charge is 0.506 e. The maximum atomic E-state index is 11.2. The van der Waals surface area contributed by atoms with Crippen molar-refractivity contribution in [3.05, 3.63) is 76.0 Å². The van der Waals surface area contributed by atoms with Gasteiger partial charge in [0.05, 0.1) is 6.42 Å². The Hall–Kier alpha value is -3.67. The van der Waals surface area contributed by atoms with E-state index in [1.165, 1.54) is 29.5 Å². The van der Waals surface area contributed by atoms with Crippen LogP contribution in [0.4, 0.5) is 0 Å². The van der Waals surface area contributed by atoms with Gasteiger partial charge in [0.2, 0.25) is 0 Å². The number of carbonyl (C=O) groups is 1. The van der Waals surface area contributed by atoms with Gasteiger partial charge in [0.1, 0.15) is 29.5 Å². The highest BCUT2D eigenvalue weighted by atomic mass is 16.7. The SMILES string of the molecule is Cc1cc(OCC2=NOC(=O)C2)cc(C)c1Cc1ccc(O)c(-c2ccc3c(c2)CCCC3)n1. The lowest BCUT2D eigenvalue weighted by Crippen LogP contribution is -2.11. The van der Waals surface area contributed by atoms with Crippen LogP contribution in [0.5, 0.6) is 11.5 Å². The van der Waals surface area contributed by atoms with Crippen LogP contribution >= 0.6 is 0 Å². The molecule has 34 heavy (non-hydrogen) atoms. The Morgan fingerprint density at radius 3 is 2.50 bits per heavy atom. The van der Waals surface area contributed by atoms with Gasteiger partial charge >= 0.3 is 5.97 Å². The molecule has 0 atom stereocenters. The van der Waals surface area contributed by atoms with Crippen LogP contribution in [0.1, 0.15) is 52.8 Å². The van der Waals surface area contributed by atoms with Crippen molar-refractivity contribution in [2.24, 2.45) is 5.16 Å². The van der Waals surface area contributed by atoms with Gasteiger partial charge in [0.15, 0.2) is 0 Å². The lowest BCUT2D eigenvalue weighted by Gasteiger charge is -2.17. The Labute approximate surface area is 199 Å². The molecule has 6 heteroatoms. The van der Waals surface area contributed by atoms with Crippen molar-refractivity contribution < 1.29 is 19.5 Å². The van der Waals surface area contributed by atoms with Crippen molar-refractivity contribution in [2.45, 2.75) is 52.4 Å².